The SMILES string of the molecule is CO[S@](N)=O. The Labute approximate surface area is 32.9 Å². The summed E-state index contributed by atoms with van der Waals surface area (Å²) in [6.45, 7) is 0. The molecule has 0 spiro atoms. The van der Waals surface area contributed by atoms with Crippen molar-refractivity contribution in [3.05, 3.63) is 0 Å². The molecule has 0 fully saturated rings. The quantitative estimate of drug-likeness (QED) is 0.462. The molecule has 5 heavy (non-hydrogen) atoms. The molecule has 0 amide bonds. The van der Waals surface area contributed by atoms with Gasteiger partial charge in [0.05, 0.1) is 7.11 Å². The number of hydrogen-bond donors (Lipinski definition) is 1. The minimum Gasteiger partial charge on any atom is -0.282 e. The van der Waals surface area contributed by atoms with Gasteiger partial charge in [0.15, 0.2) is 0 Å². The third-order valence-electron chi connectivity index (χ3n) is 0.164. The van der Waals surface area contributed by atoms with Gasteiger partial charge in [-0.05, 0) is 0 Å². The zero-order valence-corrected chi connectivity index (χ0v) is 3.62. The molecule has 3 nitrogen and oxygen atoms in total. The standard InChI is InChI=1S/CH5NO2S/c1-4-5(2)3/h2H2,1H3/t5-/m1/s1. The minimum absolute atomic E-state index is 1.27. The Bertz CT molecular complexity index is 44.9. The van der Waals surface area contributed by atoms with Crippen LogP contribution in [0.15, 0.2) is 0 Å². The van der Waals surface area contributed by atoms with Crippen LogP contribution >= 0.6 is 0 Å². The summed E-state index contributed by atoms with van der Waals surface area (Å²) in [5, 5.41) is 4.54. The molecule has 0 aromatic rings. The molecule has 0 heterocycles. The van der Waals surface area contributed by atoms with Crippen molar-refractivity contribution in [3.8, 4) is 0 Å². The Hall–Kier alpha value is 0.0700. The van der Waals surface area contributed by atoms with E-state index in [0.29, 0.717) is 0 Å². The fourth-order valence-corrected chi connectivity index (χ4v) is 0. The molecule has 0 rings (SSSR count). The van der Waals surface area contributed by atoms with E-state index in [1.165, 1.54) is 7.11 Å². The Morgan fingerprint density at radius 2 is 2.20 bits per heavy atom. The van der Waals surface area contributed by atoms with Crippen LogP contribution in [0.3, 0.4) is 0 Å². The molecule has 0 saturated heterocycles. The van der Waals surface area contributed by atoms with E-state index in [1.54, 1.807) is 0 Å². The third-order valence-corrected chi connectivity index (χ3v) is 0.493. The molecule has 0 radical (unpaired) electrons. The van der Waals surface area contributed by atoms with E-state index in [0.717, 1.165) is 0 Å². The normalized spacial score (nSPS) is 14.8. The van der Waals surface area contributed by atoms with E-state index in [4.69, 9.17) is 0 Å². The van der Waals surface area contributed by atoms with Gasteiger partial charge in [0.25, 0.3) is 0 Å². The van der Waals surface area contributed by atoms with Gasteiger partial charge in [-0.1, -0.05) is 0 Å². The van der Waals surface area contributed by atoms with Gasteiger partial charge in [-0.2, -0.15) is 0 Å². The number of nitrogens with two attached hydrogens (primary N) is 1. The van der Waals surface area contributed by atoms with Crippen LogP contribution in [0.4, 0.5) is 0 Å². The van der Waals surface area contributed by atoms with Crippen molar-refractivity contribution < 1.29 is 8.39 Å². The lowest BCUT2D eigenvalue weighted by Crippen LogP contribution is -2.02. The van der Waals surface area contributed by atoms with Crippen LogP contribution in [-0.2, 0) is 15.4 Å². The van der Waals surface area contributed by atoms with E-state index in [9.17, 15) is 4.21 Å². The predicted octanol–water partition coefficient (Wildman–Crippen LogP) is -0.830. The van der Waals surface area contributed by atoms with Gasteiger partial charge in [-0.15, -0.1) is 0 Å². The summed E-state index contributed by atoms with van der Waals surface area (Å²) in [6.07, 6.45) is 0. The zero-order chi connectivity index (χ0) is 4.28. The van der Waals surface area contributed by atoms with Crippen LogP contribution in [0.5, 0.6) is 0 Å². The van der Waals surface area contributed by atoms with Gasteiger partial charge in [-0.3, -0.25) is 4.18 Å². The highest BCUT2D eigenvalue weighted by atomic mass is 32.2. The van der Waals surface area contributed by atoms with Gasteiger partial charge in [0, 0.05) is 0 Å². The maximum absolute atomic E-state index is 9.48. The van der Waals surface area contributed by atoms with Crippen LogP contribution in [-0.4, -0.2) is 11.3 Å². The second-order valence-electron chi connectivity index (χ2n) is 0.427. The first kappa shape index (κ1) is 5.07. The monoisotopic (exact) mass is 95.0 g/mol. The summed E-state index contributed by atoms with van der Waals surface area (Å²) < 4.78 is 13.5. The highest BCUT2D eigenvalue weighted by Gasteiger charge is 1.72. The Morgan fingerprint density at radius 1 is 2.00 bits per heavy atom. The Balaban J connectivity index is 2.85. The van der Waals surface area contributed by atoms with Crippen molar-refractivity contribution in [2.45, 2.75) is 0 Å². The second kappa shape index (κ2) is 2.32. The van der Waals surface area contributed by atoms with Crippen molar-refractivity contribution in [2.24, 2.45) is 5.14 Å². The summed E-state index contributed by atoms with van der Waals surface area (Å²) in [6, 6.07) is 0. The Kier molecular flexibility index (Phi) is 2.35. The molecule has 0 aliphatic rings. The molecule has 0 bridgehead atoms. The zero-order valence-electron chi connectivity index (χ0n) is 2.80. The summed E-state index contributed by atoms with van der Waals surface area (Å²) in [5.41, 5.74) is 0. The largest absolute Gasteiger partial charge is 0.282 e. The van der Waals surface area contributed by atoms with E-state index < -0.39 is 11.3 Å². The first-order chi connectivity index (χ1) is 2.27. The van der Waals surface area contributed by atoms with Gasteiger partial charge in [0.2, 0.25) is 11.3 Å². The van der Waals surface area contributed by atoms with Gasteiger partial charge in [-0.25, -0.2) is 9.35 Å². The molecule has 0 unspecified atom stereocenters. The summed E-state index contributed by atoms with van der Waals surface area (Å²) in [7, 11) is 1.27. The van der Waals surface area contributed by atoms with Crippen molar-refractivity contribution in [1.82, 2.24) is 0 Å². The lowest BCUT2D eigenvalue weighted by atomic mass is 11.8. The second-order valence-corrected chi connectivity index (χ2v) is 1.28. The minimum atomic E-state index is -1.57. The van der Waals surface area contributed by atoms with Crippen LogP contribution < -0.4 is 5.14 Å². The molecular formula is CH5NO2S. The first-order valence-corrected chi connectivity index (χ1v) is 2.12. The Morgan fingerprint density at radius 3 is 2.20 bits per heavy atom. The molecule has 1 atom stereocenters. The smallest absolute Gasteiger partial charge is 0.231 e. The summed E-state index contributed by atoms with van der Waals surface area (Å²) >= 11 is -1.57. The van der Waals surface area contributed by atoms with Crippen LogP contribution in [0.2, 0.25) is 0 Å². The van der Waals surface area contributed by atoms with E-state index >= 15 is 0 Å². The van der Waals surface area contributed by atoms with Gasteiger partial charge in [0.1, 0.15) is 0 Å². The average molecular weight is 95.1 g/mol. The van der Waals surface area contributed by atoms with Crippen molar-refractivity contribution in [1.29, 1.82) is 0 Å². The molecule has 0 saturated carbocycles. The molecule has 0 aromatic heterocycles. The van der Waals surface area contributed by atoms with Crippen molar-refractivity contribution >= 4 is 11.3 Å². The highest BCUT2D eigenvalue weighted by molar-refractivity contribution is 7.77. The fourth-order valence-electron chi connectivity index (χ4n) is 0. The molecule has 0 aliphatic carbocycles. The topological polar surface area (TPSA) is 52.3 Å². The van der Waals surface area contributed by atoms with Crippen LogP contribution in [0.25, 0.3) is 0 Å². The van der Waals surface area contributed by atoms with Gasteiger partial charge < -0.3 is 0 Å². The molecule has 2 N–H and O–H groups in total. The summed E-state index contributed by atoms with van der Waals surface area (Å²) in [5.74, 6) is 0. The molecule has 0 aromatic carbocycles. The van der Waals surface area contributed by atoms with Crippen molar-refractivity contribution in [3.63, 3.8) is 0 Å². The lowest BCUT2D eigenvalue weighted by molar-refractivity contribution is 0.446. The summed E-state index contributed by atoms with van der Waals surface area (Å²) in [4.78, 5) is 0. The first-order valence-electron chi connectivity index (χ1n) is 0.977. The maximum Gasteiger partial charge on any atom is 0.231 e. The highest BCUT2D eigenvalue weighted by Crippen LogP contribution is 1.57. The van der Waals surface area contributed by atoms with Gasteiger partial charge >= 0.3 is 0 Å². The average Bonchev–Trinajstić information content (AvgIpc) is 1.38. The number of rotatable bonds is 1. The fraction of sp³-hybridized carbons (Fsp3) is 1.00. The number of hydrogen-bond acceptors (Lipinski definition) is 2. The van der Waals surface area contributed by atoms with Crippen LogP contribution in [0, 0.1) is 0 Å². The van der Waals surface area contributed by atoms with E-state index in [1.807, 2.05) is 0 Å². The van der Waals surface area contributed by atoms with E-state index in [-0.39, 0.29) is 0 Å². The molecular weight excluding hydrogens is 90.1 g/mol. The van der Waals surface area contributed by atoms with E-state index in [2.05, 4.69) is 9.32 Å². The maximum atomic E-state index is 9.48. The van der Waals surface area contributed by atoms with Crippen molar-refractivity contribution in [2.75, 3.05) is 7.11 Å². The van der Waals surface area contributed by atoms with Crippen LogP contribution in [0.1, 0.15) is 0 Å². The molecule has 32 valence electrons. The molecule has 4 heteroatoms. The lowest BCUT2D eigenvalue weighted by Gasteiger charge is -1.78. The third kappa shape index (κ3) is 4.07. The predicted molar refractivity (Wildman–Crippen MR) is 19.3 cm³/mol. The molecule has 0 aliphatic heterocycles.